The van der Waals surface area contributed by atoms with Crippen LogP contribution in [-0.2, 0) is 6.42 Å². The highest BCUT2D eigenvalue weighted by Crippen LogP contribution is 2.23. The van der Waals surface area contributed by atoms with E-state index in [0.29, 0.717) is 5.92 Å². The lowest BCUT2D eigenvalue weighted by Crippen LogP contribution is -2.39. The van der Waals surface area contributed by atoms with Crippen molar-refractivity contribution in [3.05, 3.63) is 50.9 Å². The third-order valence-electron chi connectivity index (χ3n) is 3.34. The van der Waals surface area contributed by atoms with Gasteiger partial charge in [-0.15, -0.1) is 11.3 Å². The van der Waals surface area contributed by atoms with Gasteiger partial charge < -0.3 is 5.32 Å². The summed E-state index contributed by atoms with van der Waals surface area (Å²) < 4.78 is 0. The molecule has 1 N–H and O–H groups in total. The van der Waals surface area contributed by atoms with Gasteiger partial charge in [0.1, 0.15) is 0 Å². The van der Waals surface area contributed by atoms with Crippen LogP contribution >= 0.6 is 22.9 Å². The second-order valence-electron chi connectivity index (χ2n) is 6.44. The maximum atomic E-state index is 6.00. The minimum atomic E-state index is 0.114. The highest BCUT2D eigenvalue weighted by molar-refractivity contribution is 7.09. The van der Waals surface area contributed by atoms with Gasteiger partial charge in [-0.3, -0.25) is 0 Å². The van der Waals surface area contributed by atoms with Gasteiger partial charge in [-0.25, -0.2) is 4.98 Å². The van der Waals surface area contributed by atoms with Gasteiger partial charge in [0.25, 0.3) is 0 Å². The summed E-state index contributed by atoms with van der Waals surface area (Å²) in [6.07, 6.45) is 0.953. The Morgan fingerprint density at radius 2 is 1.90 bits per heavy atom. The number of nitrogens with one attached hydrogen (secondary N) is 1. The summed E-state index contributed by atoms with van der Waals surface area (Å²) in [6, 6.07) is 8.17. The summed E-state index contributed by atoms with van der Waals surface area (Å²) >= 11 is 7.72. The van der Waals surface area contributed by atoms with Crippen LogP contribution in [0, 0.1) is 6.92 Å². The predicted octanol–water partition coefficient (Wildman–Crippen LogP) is 4.82. The molecule has 1 heterocycles. The molecule has 1 aromatic carbocycles. The Hall–Kier alpha value is -0.900. The van der Waals surface area contributed by atoms with Crippen LogP contribution in [0.15, 0.2) is 29.6 Å². The monoisotopic (exact) mass is 322 g/mol. The molecule has 0 aliphatic carbocycles. The van der Waals surface area contributed by atoms with Crippen molar-refractivity contribution in [3.8, 4) is 0 Å². The van der Waals surface area contributed by atoms with E-state index in [0.717, 1.165) is 23.0 Å². The molecular formula is C17H23ClN2S. The molecule has 0 saturated carbocycles. The molecule has 0 aliphatic heterocycles. The maximum absolute atomic E-state index is 6.00. The predicted molar refractivity (Wildman–Crippen MR) is 92.5 cm³/mol. The smallest absolute Gasteiger partial charge is 0.0897 e. The number of hydrogen-bond donors (Lipinski definition) is 1. The third-order valence-corrected chi connectivity index (χ3v) is 4.42. The largest absolute Gasteiger partial charge is 0.311 e. The van der Waals surface area contributed by atoms with Crippen LogP contribution in [0.5, 0.6) is 0 Å². The first-order chi connectivity index (χ1) is 9.83. The zero-order valence-electron chi connectivity index (χ0n) is 13.1. The molecule has 2 aromatic rings. The van der Waals surface area contributed by atoms with Crippen molar-refractivity contribution in [3.63, 3.8) is 0 Å². The van der Waals surface area contributed by atoms with Crippen molar-refractivity contribution in [2.75, 3.05) is 6.54 Å². The van der Waals surface area contributed by atoms with E-state index >= 15 is 0 Å². The van der Waals surface area contributed by atoms with Gasteiger partial charge in [-0.1, -0.05) is 23.7 Å². The summed E-state index contributed by atoms with van der Waals surface area (Å²) in [4.78, 5) is 4.60. The van der Waals surface area contributed by atoms with Crippen molar-refractivity contribution in [1.82, 2.24) is 10.3 Å². The van der Waals surface area contributed by atoms with Gasteiger partial charge in [0.05, 0.1) is 10.7 Å². The quantitative estimate of drug-likeness (QED) is 0.853. The Morgan fingerprint density at radius 1 is 1.24 bits per heavy atom. The highest BCUT2D eigenvalue weighted by atomic mass is 35.5. The maximum Gasteiger partial charge on any atom is 0.0897 e. The average molecular weight is 323 g/mol. The Labute approximate surface area is 136 Å². The number of aryl methyl sites for hydroxylation is 1. The summed E-state index contributed by atoms with van der Waals surface area (Å²) in [5.41, 5.74) is 2.60. The standard InChI is InChI=1S/C17H23ClN2S/c1-12-20-16(11-21-12)9-14(10-19-17(2,3)4)13-5-7-15(18)8-6-13/h5-8,11,14,19H,9-10H2,1-4H3. The summed E-state index contributed by atoms with van der Waals surface area (Å²) in [5.74, 6) is 0.406. The van der Waals surface area contributed by atoms with Crippen LogP contribution in [0.4, 0.5) is 0 Å². The number of rotatable bonds is 5. The summed E-state index contributed by atoms with van der Waals surface area (Å²) in [7, 11) is 0. The Morgan fingerprint density at radius 3 is 2.43 bits per heavy atom. The van der Waals surface area contributed by atoms with E-state index in [4.69, 9.17) is 11.6 Å². The van der Waals surface area contributed by atoms with E-state index < -0.39 is 0 Å². The van der Waals surface area contributed by atoms with Crippen molar-refractivity contribution >= 4 is 22.9 Å². The van der Waals surface area contributed by atoms with E-state index in [1.165, 1.54) is 11.3 Å². The van der Waals surface area contributed by atoms with Crippen LogP contribution < -0.4 is 5.32 Å². The van der Waals surface area contributed by atoms with Crippen molar-refractivity contribution in [1.29, 1.82) is 0 Å². The number of halogens is 1. The van der Waals surface area contributed by atoms with E-state index in [2.05, 4.69) is 55.5 Å². The molecule has 114 valence electrons. The summed E-state index contributed by atoms with van der Waals surface area (Å²) in [5, 5.41) is 7.68. The Kier molecular flexibility index (Phi) is 5.42. The Balaban J connectivity index is 2.15. The number of benzene rings is 1. The normalized spacial score (nSPS) is 13.4. The van der Waals surface area contributed by atoms with Gasteiger partial charge >= 0.3 is 0 Å². The molecule has 4 heteroatoms. The minimum Gasteiger partial charge on any atom is -0.311 e. The molecule has 0 fully saturated rings. The molecule has 1 atom stereocenters. The molecular weight excluding hydrogens is 300 g/mol. The van der Waals surface area contributed by atoms with Gasteiger partial charge in [0.15, 0.2) is 0 Å². The zero-order chi connectivity index (χ0) is 15.5. The SMILES string of the molecule is Cc1nc(CC(CNC(C)(C)C)c2ccc(Cl)cc2)cs1. The fourth-order valence-corrected chi connectivity index (χ4v) is 2.98. The first kappa shape index (κ1) is 16.5. The lowest BCUT2D eigenvalue weighted by Gasteiger charge is -2.25. The number of thiazole rings is 1. The van der Waals surface area contributed by atoms with E-state index in [1.807, 2.05) is 12.1 Å². The molecule has 1 unspecified atom stereocenters. The van der Waals surface area contributed by atoms with E-state index in [9.17, 15) is 0 Å². The molecule has 1 aromatic heterocycles. The number of nitrogens with zero attached hydrogens (tertiary/aromatic N) is 1. The average Bonchev–Trinajstić information content (AvgIpc) is 2.80. The fourth-order valence-electron chi connectivity index (χ4n) is 2.23. The number of hydrogen-bond acceptors (Lipinski definition) is 3. The molecule has 0 radical (unpaired) electrons. The Bertz CT molecular complexity index is 569. The second kappa shape index (κ2) is 6.91. The highest BCUT2D eigenvalue weighted by Gasteiger charge is 2.17. The molecule has 2 rings (SSSR count). The summed E-state index contributed by atoms with van der Waals surface area (Å²) in [6.45, 7) is 9.57. The first-order valence-corrected chi connectivity index (χ1v) is 8.51. The number of aromatic nitrogens is 1. The van der Waals surface area contributed by atoms with Gasteiger partial charge in [0, 0.05) is 28.4 Å². The van der Waals surface area contributed by atoms with Crippen molar-refractivity contribution in [2.24, 2.45) is 0 Å². The van der Waals surface area contributed by atoms with Crippen LogP contribution in [0.3, 0.4) is 0 Å². The zero-order valence-corrected chi connectivity index (χ0v) is 14.7. The van der Waals surface area contributed by atoms with Crippen LogP contribution in [-0.4, -0.2) is 17.1 Å². The molecule has 0 amide bonds. The lowest BCUT2D eigenvalue weighted by molar-refractivity contribution is 0.404. The molecule has 0 saturated heterocycles. The van der Waals surface area contributed by atoms with Crippen LogP contribution in [0.1, 0.15) is 43.0 Å². The fraction of sp³-hybridized carbons (Fsp3) is 0.471. The van der Waals surface area contributed by atoms with Crippen LogP contribution in [0.2, 0.25) is 5.02 Å². The first-order valence-electron chi connectivity index (χ1n) is 7.25. The molecule has 0 spiro atoms. The van der Waals surface area contributed by atoms with Crippen molar-refractivity contribution in [2.45, 2.75) is 45.6 Å². The van der Waals surface area contributed by atoms with E-state index in [1.54, 1.807) is 11.3 Å². The third kappa shape index (κ3) is 5.42. The lowest BCUT2D eigenvalue weighted by atomic mass is 9.93. The second-order valence-corrected chi connectivity index (χ2v) is 7.94. The van der Waals surface area contributed by atoms with Gasteiger partial charge in [-0.05, 0) is 51.8 Å². The van der Waals surface area contributed by atoms with Gasteiger partial charge in [0.2, 0.25) is 0 Å². The van der Waals surface area contributed by atoms with Crippen molar-refractivity contribution < 1.29 is 0 Å². The topological polar surface area (TPSA) is 24.9 Å². The molecule has 0 bridgehead atoms. The molecule has 0 aliphatic rings. The molecule has 21 heavy (non-hydrogen) atoms. The minimum absolute atomic E-state index is 0.114. The van der Waals surface area contributed by atoms with E-state index in [-0.39, 0.29) is 5.54 Å². The molecule has 2 nitrogen and oxygen atoms in total. The van der Waals surface area contributed by atoms with Gasteiger partial charge in [-0.2, -0.15) is 0 Å². The van der Waals surface area contributed by atoms with Crippen LogP contribution in [0.25, 0.3) is 0 Å².